The fourth-order valence-electron chi connectivity index (χ4n) is 3.17. The molecule has 1 aliphatic rings. The van der Waals surface area contributed by atoms with Gasteiger partial charge in [-0.1, -0.05) is 36.4 Å². The quantitative estimate of drug-likeness (QED) is 0.683. The van der Waals surface area contributed by atoms with Crippen molar-refractivity contribution in [2.75, 3.05) is 18.5 Å². The first-order valence-corrected chi connectivity index (χ1v) is 9.07. The molecule has 7 heteroatoms. The number of rotatable bonds is 7. The molecular formula is C20H24F3N3O. The van der Waals surface area contributed by atoms with Crippen molar-refractivity contribution >= 4 is 5.69 Å². The van der Waals surface area contributed by atoms with Gasteiger partial charge in [-0.05, 0) is 37.6 Å². The minimum Gasteiger partial charge on any atom is -0.484 e. The lowest BCUT2D eigenvalue weighted by Gasteiger charge is -2.34. The summed E-state index contributed by atoms with van der Waals surface area (Å²) in [7, 11) is 0. The molecule has 2 atom stereocenters. The van der Waals surface area contributed by atoms with E-state index in [-0.39, 0.29) is 18.0 Å². The van der Waals surface area contributed by atoms with Crippen molar-refractivity contribution in [1.82, 2.24) is 10.6 Å². The van der Waals surface area contributed by atoms with Gasteiger partial charge < -0.3 is 15.4 Å². The van der Waals surface area contributed by atoms with Gasteiger partial charge in [0.1, 0.15) is 5.75 Å². The molecule has 2 aromatic carbocycles. The predicted molar refractivity (Wildman–Crippen MR) is 99.7 cm³/mol. The highest BCUT2D eigenvalue weighted by molar-refractivity contribution is 5.43. The van der Waals surface area contributed by atoms with Crippen LogP contribution in [0.25, 0.3) is 0 Å². The van der Waals surface area contributed by atoms with E-state index in [1.807, 2.05) is 30.3 Å². The van der Waals surface area contributed by atoms with Gasteiger partial charge >= 0.3 is 6.18 Å². The Kier molecular flexibility index (Phi) is 6.58. The van der Waals surface area contributed by atoms with Crippen LogP contribution in [0.15, 0.2) is 54.6 Å². The molecule has 0 unspecified atom stereocenters. The van der Waals surface area contributed by atoms with Crippen molar-refractivity contribution in [3.63, 3.8) is 0 Å². The Morgan fingerprint density at radius 3 is 2.56 bits per heavy atom. The van der Waals surface area contributed by atoms with Crippen LogP contribution in [-0.4, -0.2) is 31.5 Å². The van der Waals surface area contributed by atoms with Crippen molar-refractivity contribution < 1.29 is 17.9 Å². The first kappa shape index (κ1) is 19.5. The monoisotopic (exact) mass is 379 g/mol. The number of hydrogen-bond donors (Lipinski definition) is 3. The van der Waals surface area contributed by atoms with E-state index in [4.69, 9.17) is 4.74 Å². The maximum atomic E-state index is 12.5. The molecule has 0 saturated carbocycles. The fourth-order valence-corrected chi connectivity index (χ4v) is 3.17. The summed E-state index contributed by atoms with van der Waals surface area (Å²) in [5.41, 5.74) is 1.74. The van der Waals surface area contributed by atoms with Crippen molar-refractivity contribution in [1.29, 1.82) is 0 Å². The molecule has 0 aliphatic carbocycles. The Bertz CT molecular complexity index is 709. The third-order valence-corrected chi connectivity index (χ3v) is 4.47. The summed E-state index contributed by atoms with van der Waals surface area (Å²) < 4.78 is 42.3. The van der Waals surface area contributed by atoms with Gasteiger partial charge in [-0.3, -0.25) is 5.32 Å². The van der Waals surface area contributed by atoms with Gasteiger partial charge in [-0.2, -0.15) is 13.2 Å². The Labute approximate surface area is 157 Å². The Hall–Kier alpha value is -2.25. The number of anilines is 1. The van der Waals surface area contributed by atoms with Gasteiger partial charge in [0.25, 0.3) is 0 Å². The molecular weight excluding hydrogens is 355 g/mol. The summed E-state index contributed by atoms with van der Waals surface area (Å²) in [4.78, 5) is 0. The lowest BCUT2D eigenvalue weighted by molar-refractivity contribution is -0.153. The standard InChI is InChI=1S/C20H24F3N3O/c21-20(22,23)14-27-18-11-5-4-7-15(18)13-25-17-10-6-12-24-19(17)26-16-8-2-1-3-9-16/h1-5,7-9,11,17,19,24-26H,6,10,12-14H2/t17-,19-/m0/s1. The molecule has 1 heterocycles. The molecule has 0 bridgehead atoms. The van der Waals surface area contributed by atoms with Gasteiger partial charge in [0.05, 0.1) is 6.17 Å². The third-order valence-electron chi connectivity index (χ3n) is 4.47. The molecule has 3 N–H and O–H groups in total. The fraction of sp³-hybridized carbons (Fsp3) is 0.400. The minimum atomic E-state index is -4.35. The summed E-state index contributed by atoms with van der Waals surface area (Å²) in [5.74, 6) is 0.263. The zero-order chi connectivity index (χ0) is 19.1. The lowest BCUT2D eigenvalue weighted by Crippen LogP contribution is -2.55. The van der Waals surface area contributed by atoms with Gasteiger partial charge in [-0.25, -0.2) is 0 Å². The second kappa shape index (κ2) is 9.10. The molecule has 0 radical (unpaired) electrons. The zero-order valence-electron chi connectivity index (χ0n) is 14.9. The van der Waals surface area contributed by atoms with Crippen LogP contribution in [0.3, 0.4) is 0 Å². The normalized spacial score (nSPS) is 20.3. The zero-order valence-corrected chi connectivity index (χ0v) is 14.9. The Morgan fingerprint density at radius 2 is 1.78 bits per heavy atom. The number of halogens is 3. The second-order valence-corrected chi connectivity index (χ2v) is 6.58. The van der Waals surface area contributed by atoms with Crippen LogP contribution < -0.4 is 20.7 Å². The summed E-state index contributed by atoms with van der Waals surface area (Å²) in [6.07, 6.45) is -2.29. The number of alkyl halides is 3. The highest BCUT2D eigenvalue weighted by Gasteiger charge is 2.29. The number of ether oxygens (including phenoxy) is 1. The predicted octanol–water partition coefficient (Wildman–Crippen LogP) is 3.91. The molecule has 2 aromatic rings. The van der Waals surface area contributed by atoms with Crippen molar-refractivity contribution in [3.8, 4) is 5.75 Å². The molecule has 4 nitrogen and oxygen atoms in total. The first-order chi connectivity index (χ1) is 13.0. The maximum absolute atomic E-state index is 12.5. The van der Waals surface area contributed by atoms with E-state index in [2.05, 4.69) is 16.0 Å². The Balaban J connectivity index is 1.61. The van der Waals surface area contributed by atoms with Gasteiger partial charge in [0, 0.05) is 23.8 Å². The number of nitrogens with one attached hydrogen (secondary N) is 3. The summed E-state index contributed by atoms with van der Waals surface area (Å²) in [6.45, 7) is 0.0779. The first-order valence-electron chi connectivity index (χ1n) is 9.07. The SMILES string of the molecule is FC(F)(F)COc1ccccc1CN[C@H]1CCCN[C@H]1Nc1ccccc1. The highest BCUT2D eigenvalue weighted by atomic mass is 19.4. The van der Waals surface area contributed by atoms with Crippen LogP contribution in [0.1, 0.15) is 18.4 Å². The molecule has 1 saturated heterocycles. The summed E-state index contributed by atoms with van der Waals surface area (Å²) in [6, 6.07) is 16.9. The smallest absolute Gasteiger partial charge is 0.422 e. The molecule has 0 aromatic heterocycles. The molecule has 1 aliphatic heterocycles. The molecule has 1 fully saturated rings. The van der Waals surface area contributed by atoms with E-state index in [9.17, 15) is 13.2 Å². The van der Waals surface area contributed by atoms with E-state index >= 15 is 0 Å². The topological polar surface area (TPSA) is 45.3 Å². The number of piperidine rings is 1. The molecule has 0 amide bonds. The third kappa shape index (κ3) is 6.15. The summed E-state index contributed by atoms with van der Waals surface area (Å²) in [5, 5.41) is 10.4. The Morgan fingerprint density at radius 1 is 1.04 bits per heavy atom. The van der Waals surface area contributed by atoms with E-state index in [1.165, 1.54) is 0 Å². The van der Waals surface area contributed by atoms with E-state index < -0.39 is 12.8 Å². The minimum absolute atomic E-state index is 0.0457. The van der Waals surface area contributed by atoms with Crippen LogP contribution in [0.5, 0.6) is 5.75 Å². The molecule has 0 spiro atoms. The van der Waals surface area contributed by atoms with Gasteiger partial charge in [-0.15, -0.1) is 0 Å². The van der Waals surface area contributed by atoms with Gasteiger partial charge in [0.2, 0.25) is 0 Å². The van der Waals surface area contributed by atoms with E-state index in [0.29, 0.717) is 12.1 Å². The van der Waals surface area contributed by atoms with Crippen LogP contribution in [0.4, 0.5) is 18.9 Å². The van der Waals surface area contributed by atoms with Crippen LogP contribution in [-0.2, 0) is 6.54 Å². The largest absolute Gasteiger partial charge is 0.484 e. The van der Waals surface area contributed by atoms with Crippen molar-refractivity contribution in [3.05, 3.63) is 60.2 Å². The van der Waals surface area contributed by atoms with Crippen LogP contribution >= 0.6 is 0 Å². The van der Waals surface area contributed by atoms with Crippen molar-refractivity contribution in [2.45, 2.75) is 37.8 Å². The average Bonchev–Trinajstić information content (AvgIpc) is 2.66. The summed E-state index contributed by atoms with van der Waals surface area (Å²) >= 11 is 0. The number of benzene rings is 2. The number of hydrogen-bond acceptors (Lipinski definition) is 4. The lowest BCUT2D eigenvalue weighted by atomic mass is 10.0. The maximum Gasteiger partial charge on any atom is 0.422 e. The number of para-hydroxylation sites is 2. The molecule has 146 valence electrons. The average molecular weight is 379 g/mol. The highest BCUT2D eigenvalue weighted by Crippen LogP contribution is 2.23. The van der Waals surface area contributed by atoms with Crippen LogP contribution in [0.2, 0.25) is 0 Å². The molecule has 3 rings (SSSR count). The second-order valence-electron chi connectivity index (χ2n) is 6.58. The van der Waals surface area contributed by atoms with Crippen LogP contribution in [0, 0.1) is 0 Å². The van der Waals surface area contributed by atoms with E-state index in [1.54, 1.807) is 24.3 Å². The van der Waals surface area contributed by atoms with Crippen molar-refractivity contribution in [2.24, 2.45) is 0 Å². The van der Waals surface area contributed by atoms with Gasteiger partial charge in [0.15, 0.2) is 6.61 Å². The van der Waals surface area contributed by atoms with E-state index in [0.717, 1.165) is 25.1 Å². The molecule has 27 heavy (non-hydrogen) atoms.